The summed E-state index contributed by atoms with van der Waals surface area (Å²) in [5.41, 5.74) is 6.78. The molecule has 1 aliphatic carbocycles. The molecule has 3 nitrogen and oxygen atoms in total. The lowest BCUT2D eigenvalue weighted by molar-refractivity contribution is 0.196. The summed E-state index contributed by atoms with van der Waals surface area (Å²) >= 11 is 0. The molecule has 0 radical (unpaired) electrons. The van der Waals surface area contributed by atoms with E-state index >= 15 is 0 Å². The number of oxime groups is 1. The van der Waals surface area contributed by atoms with Crippen LogP contribution in [0.15, 0.2) is 53.7 Å². The van der Waals surface area contributed by atoms with Crippen LogP contribution in [0.4, 0.5) is 0 Å². The van der Waals surface area contributed by atoms with E-state index in [2.05, 4.69) is 53.7 Å². The molecule has 1 aliphatic rings. The first kappa shape index (κ1) is 15.5. The molecule has 0 spiro atoms. The van der Waals surface area contributed by atoms with E-state index in [0.29, 0.717) is 0 Å². The lowest BCUT2D eigenvalue weighted by Crippen LogP contribution is -1.99. The predicted octanol–water partition coefficient (Wildman–Crippen LogP) is 4.51. The Morgan fingerprint density at radius 1 is 0.957 bits per heavy atom. The first-order valence-electron chi connectivity index (χ1n) is 7.86. The molecule has 0 N–H and O–H groups in total. The number of hydrogen-bond acceptors (Lipinski definition) is 3. The average molecular weight is 307 g/mol. The van der Waals surface area contributed by atoms with E-state index in [1.165, 1.54) is 16.7 Å². The molecular weight excluding hydrogens is 286 g/mol. The summed E-state index contributed by atoms with van der Waals surface area (Å²) in [6.07, 6.45) is 6.41. The number of hydrogen-bond donors (Lipinski definition) is 0. The fourth-order valence-electron chi connectivity index (χ4n) is 2.92. The molecule has 0 atom stereocenters. The Morgan fingerprint density at radius 2 is 1.74 bits per heavy atom. The molecule has 23 heavy (non-hydrogen) atoms. The highest BCUT2D eigenvalue weighted by molar-refractivity contribution is 6.24. The maximum Gasteiger partial charge on any atom is 0.118 e. The molecule has 118 valence electrons. The van der Waals surface area contributed by atoms with Gasteiger partial charge in [-0.3, -0.25) is 0 Å². The third kappa shape index (κ3) is 3.20. The Labute approximate surface area is 137 Å². The quantitative estimate of drug-likeness (QED) is 0.495. The summed E-state index contributed by atoms with van der Waals surface area (Å²) in [6.45, 7) is 0.800. The minimum absolute atomic E-state index is 0.800. The second kappa shape index (κ2) is 7.25. The molecule has 0 saturated heterocycles. The van der Waals surface area contributed by atoms with Crippen LogP contribution < -0.4 is 0 Å². The van der Waals surface area contributed by atoms with Gasteiger partial charge in [-0.1, -0.05) is 53.7 Å². The van der Waals surface area contributed by atoms with Gasteiger partial charge in [0.25, 0.3) is 0 Å². The zero-order valence-electron chi connectivity index (χ0n) is 13.6. The van der Waals surface area contributed by atoms with Gasteiger partial charge in [-0.2, -0.15) is 0 Å². The number of fused-ring (bicyclic) bond motifs is 3. The molecule has 0 heterocycles. The van der Waals surface area contributed by atoms with Gasteiger partial charge in [-0.15, -0.1) is 0 Å². The number of rotatable bonds is 6. The van der Waals surface area contributed by atoms with Crippen molar-refractivity contribution in [1.29, 1.82) is 0 Å². The van der Waals surface area contributed by atoms with Crippen LogP contribution in [0.25, 0.3) is 17.2 Å². The van der Waals surface area contributed by atoms with Gasteiger partial charge in [0.2, 0.25) is 0 Å². The van der Waals surface area contributed by atoms with Crippen LogP contribution >= 0.6 is 0 Å². The fourth-order valence-corrected chi connectivity index (χ4v) is 2.92. The Balaban J connectivity index is 1.90. The Bertz CT molecular complexity index is 747. The standard InChI is InChI=1S/C20H21NO2/c1-22-13-7-3-4-8-15-11-12-17-16-9-5-6-10-18(16)20(21-23-2)19(17)14-15/h4-6,8-12,14H,3,7,13H2,1-2H3/b8-4+,21-20-. The highest BCUT2D eigenvalue weighted by Crippen LogP contribution is 2.37. The van der Waals surface area contributed by atoms with Crippen molar-refractivity contribution in [3.05, 3.63) is 65.2 Å². The Kier molecular flexibility index (Phi) is 4.89. The topological polar surface area (TPSA) is 30.8 Å². The van der Waals surface area contributed by atoms with E-state index in [1.54, 1.807) is 14.2 Å². The van der Waals surface area contributed by atoms with E-state index in [4.69, 9.17) is 9.57 Å². The molecule has 0 unspecified atom stereocenters. The van der Waals surface area contributed by atoms with Gasteiger partial charge in [-0.25, -0.2) is 0 Å². The van der Waals surface area contributed by atoms with Gasteiger partial charge >= 0.3 is 0 Å². The first-order chi connectivity index (χ1) is 11.3. The molecular formula is C20H21NO2. The van der Waals surface area contributed by atoms with Gasteiger partial charge < -0.3 is 9.57 Å². The number of nitrogens with zero attached hydrogens (tertiary/aromatic N) is 1. The van der Waals surface area contributed by atoms with Crippen LogP contribution in [0.5, 0.6) is 0 Å². The van der Waals surface area contributed by atoms with Crippen molar-refractivity contribution in [3.8, 4) is 11.1 Å². The van der Waals surface area contributed by atoms with Crippen molar-refractivity contribution in [3.63, 3.8) is 0 Å². The third-order valence-electron chi connectivity index (χ3n) is 3.98. The number of allylic oxidation sites excluding steroid dienone is 1. The maximum atomic E-state index is 5.07. The minimum Gasteiger partial charge on any atom is -0.399 e. The maximum absolute atomic E-state index is 5.07. The van der Waals surface area contributed by atoms with Crippen LogP contribution in [0.2, 0.25) is 0 Å². The number of ether oxygens (including phenoxy) is 1. The van der Waals surface area contributed by atoms with Crippen LogP contribution in [0.1, 0.15) is 29.5 Å². The molecule has 0 amide bonds. The van der Waals surface area contributed by atoms with Crippen molar-refractivity contribution in [2.45, 2.75) is 12.8 Å². The second-order valence-electron chi connectivity index (χ2n) is 5.51. The van der Waals surface area contributed by atoms with Crippen LogP contribution in [0, 0.1) is 0 Å². The van der Waals surface area contributed by atoms with Gasteiger partial charge in [0.15, 0.2) is 0 Å². The van der Waals surface area contributed by atoms with E-state index in [1.807, 2.05) is 6.07 Å². The van der Waals surface area contributed by atoms with Crippen molar-refractivity contribution < 1.29 is 9.57 Å². The van der Waals surface area contributed by atoms with E-state index in [-0.39, 0.29) is 0 Å². The zero-order chi connectivity index (χ0) is 16.1. The van der Waals surface area contributed by atoms with Crippen molar-refractivity contribution in [1.82, 2.24) is 0 Å². The molecule has 0 aliphatic heterocycles. The highest BCUT2D eigenvalue weighted by Gasteiger charge is 2.25. The van der Waals surface area contributed by atoms with Crippen molar-refractivity contribution >= 4 is 11.8 Å². The van der Waals surface area contributed by atoms with E-state index in [0.717, 1.165) is 36.3 Å². The summed E-state index contributed by atoms with van der Waals surface area (Å²) in [5.74, 6) is 0. The minimum atomic E-state index is 0.800. The third-order valence-corrected chi connectivity index (χ3v) is 3.98. The van der Waals surface area contributed by atoms with Crippen LogP contribution in [-0.2, 0) is 9.57 Å². The lowest BCUT2D eigenvalue weighted by atomic mass is 10.0. The van der Waals surface area contributed by atoms with Gasteiger partial charge in [-0.05, 0) is 35.6 Å². The largest absolute Gasteiger partial charge is 0.399 e. The van der Waals surface area contributed by atoms with Gasteiger partial charge in [0, 0.05) is 24.8 Å². The van der Waals surface area contributed by atoms with Gasteiger partial charge in [0.1, 0.15) is 12.8 Å². The first-order valence-corrected chi connectivity index (χ1v) is 7.86. The summed E-state index contributed by atoms with van der Waals surface area (Å²) in [6, 6.07) is 14.8. The van der Waals surface area contributed by atoms with E-state index in [9.17, 15) is 0 Å². The summed E-state index contributed by atoms with van der Waals surface area (Å²) in [5, 5.41) is 4.24. The molecule has 0 bridgehead atoms. The summed E-state index contributed by atoms with van der Waals surface area (Å²) < 4.78 is 5.07. The van der Waals surface area contributed by atoms with Gasteiger partial charge in [0.05, 0.1) is 0 Å². The molecule has 2 aromatic rings. The SMILES string of the molecule is COCCC/C=C/c1ccc2c(c1)/C(=N\OC)c1ccccc1-2. The molecule has 3 heteroatoms. The molecule has 0 saturated carbocycles. The normalized spacial score (nSPS) is 14.3. The zero-order valence-corrected chi connectivity index (χ0v) is 13.6. The predicted molar refractivity (Wildman–Crippen MR) is 94.7 cm³/mol. The Hall–Kier alpha value is -2.39. The molecule has 0 fully saturated rings. The van der Waals surface area contributed by atoms with Crippen LogP contribution in [-0.4, -0.2) is 26.5 Å². The number of methoxy groups -OCH3 is 1. The molecule has 2 aromatic carbocycles. The van der Waals surface area contributed by atoms with Crippen molar-refractivity contribution in [2.24, 2.45) is 5.16 Å². The monoisotopic (exact) mass is 307 g/mol. The lowest BCUT2D eigenvalue weighted by Gasteiger charge is -2.02. The smallest absolute Gasteiger partial charge is 0.118 e. The molecule has 3 rings (SSSR count). The van der Waals surface area contributed by atoms with Crippen molar-refractivity contribution in [2.75, 3.05) is 20.8 Å². The second-order valence-corrected chi connectivity index (χ2v) is 5.51. The Morgan fingerprint density at radius 3 is 2.52 bits per heavy atom. The average Bonchev–Trinajstić information content (AvgIpc) is 2.89. The summed E-state index contributed by atoms with van der Waals surface area (Å²) in [7, 11) is 3.33. The number of unbranched alkanes of at least 4 members (excludes halogenated alkanes) is 1. The van der Waals surface area contributed by atoms with E-state index < -0.39 is 0 Å². The fraction of sp³-hybridized carbons (Fsp3) is 0.250. The highest BCUT2D eigenvalue weighted by atomic mass is 16.6. The molecule has 0 aromatic heterocycles. The van der Waals surface area contributed by atoms with Crippen LogP contribution in [0.3, 0.4) is 0 Å². The summed E-state index contributed by atoms with van der Waals surface area (Å²) in [4.78, 5) is 5.06. The number of benzene rings is 2.